The fourth-order valence-electron chi connectivity index (χ4n) is 4.40. The van der Waals surface area contributed by atoms with E-state index < -0.39 is 24.1 Å². The molecule has 0 radical (unpaired) electrons. The number of carbonyl (C=O) groups is 1. The molecule has 1 heterocycles. The molecule has 0 aromatic rings. The van der Waals surface area contributed by atoms with Crippen LogP contribution in [0.4, 0.5) is 0 Å². The third kappa shape index (κ3) is 2.63. The van der Waals surface area contributed by atoms with Gasteiger partial charge in [0.05, 0.1) is 11.8 Å². The summed E-state index contributed by atoms with van der Waals surface area (Å²) in [6.07, 6.45) is 7.61. The van der Waals surface area contributed by atoms with Crippen LogP contribution in [0.15, 0.2) is 12.2 Å². The molecule has 2 fully saturated rings. The fourth-order valence-corrected chi connectivity index (χ4v) is 9.12. The third-order valence-corrected chi connectivity index (χ3v) is 9.62. The SMILES string of the molecule is C[Si](C)(C)CCS(=O)(=O)N1CC[C@]23C=CC[C@H]2CCC(=O)[C@H]13. The molecule has 0 aromatic heterocycles. The molecule has 124 valence electrons. The second-order valence-corrected chi connectivity index (χ2v) is 16.0. The molecule has 0 amide bonds. The van der Waals surface area contributed by atoms with Gasteiger partial charge in [0.1, 0.15) is 0 Å². The van der Waals surface area contributed by atoms with E-state index in [-0.39, 0.29) is 17.0 Å². The Labute approximate surface area is 135 Å². The van der Waals surface area contributed by atoms with Crippen LogP contribution in [0.1, 0.15) is 25.7 Å². The van der Waals surface area contributed by atoms with Crippen molar-refractivity contribution in [3.8, 4) is 0 Å². The van der Waals surface area contributed by atoms with E-state index in [1.807, 2.05) is 0 Å². The molecular weight excluding hydrogens is 314 g/mol. The zero-order chi connectivity index (χ0) is 16.2. The summed E-state index contributed by atoms with van der Waals surface area (Å²) in [5, 5.41) is 0. The average Bonchev–Trinajstić information content (AvgIpc) is 3.00. The van der Waals surface area contributed by atoms with E-state index in [1.54, 1.807) is 4.31 Å². The molecule has 4 nitrogen and oxygen atoms in total. The number of carbonyl (C=O) groups excluding carboxylic acids is 1. The molecule has 1 aliphatic heterocycles. The van der Waals surface area contributed by atoms with E-state index in [2.05, 4.69) is 31.8 Å². The number of nitrogens with zero attached hydrogens (tertiary/aromatic N) is 1. The van der Waals surface area contributed by atoms with Gasteiger partial charge in [-0.25, -0.2) is 8.42 Å². The minimum absolute atomic E-state index is 0.136. The fraction of sp³-hybridized carbons (Fsp3) is 0.812. The first kappa shape index (κ1) is 16.4. The first-order chi connectivity index (χ1) is 10.2. The minimum Gasteiger partial charge on any atom is -0.298 e. The molecule has 0 unspecified atom stereocenters. The minimum atomic E-state index is -3.33. The first-order valence-electron chi connectivity index (χ1n) is 8.36. The highest BCUT2D eigenvalue weighted by molar-refractivity contribution is 7.89. The lowest BCUT2D eigenvalue weighted by Crippen LogP contribution is -2.52. The summed E-state index contributed by atoms with van der Waals surface area (Å²) in [4.78, 5) is 12.5. The average molecular weight is 342 g/mol. The molecule has 3 aliphatic rings. The van der Waals surface area contributed by atoms with Crippen molar-refractivity contribution >= 4 is 23.9 Å². The summed E-state index contributed by atoms with van der Waals surface area (Å²) < 4.78 is 27.2. The van der Waals surface area contributed by atoms with Crippen molar-refractivity contribution in [3.05, 3.63) is 12.2 Å². The highest BCUT2D eigenvalue weighted by Gasteiger charge is 2.59. The van der Waals surface area contributed by atoms with Crippen molar-refractivity contribution in [2.24, 2.45) is 11.3 Å². The van der Waals surface area contributed by atoms with Crippen molar-refractivity contribution in [3.63, 3.8) is 0 Å². The van der Waals surface area contributed by atoms with Crippen LogP contribution in [-0.4, -0.2) is 44.9 Å². The van der Waals surface area contributed by atoms with E-state index in [0.717, 1.165) is 25.3 Å². The Morgan fingerprint density at radius 2 is 2.09 bits per heavy atom. The van der Waals surface area contributed by atoms with E-state index in [4.69, 9.17) is 0 Å². The van der Waals surface area contributed by atoms with Crippen molar-refractivity contribution < 1.29 is 13.2 Å². The van der Waals surface area contributed by atoms with Crippen LogP contribution >= 0.6 is 0 Å². The Morgan fingerprint density at radius 1 is 1.36 bits per heavy atom. The van der Waals surface area contributed by atoms with Gasteiger partial charge in [0.25, 0.3) is 0 Å². The van der Waals surface area contributed by atoms with E-state index in [0.29, 0.717) is 18.9 Å². The van der Waals surface area contributed by atoms with Gasteiger partial charge in [-0.3, -0.25) is 4.79 Å². The standard InChI is InChI=1S/C16H27NO3SSi/c1-22(2,3)12-11-21(19,20)17-10-9-16-8-4-5-13(16)6-7-14(18)15(16)17/h4,8,13,15H,5-7,9-12H2,1-3H3/t13-,15-,16+/m0/s1. The summed E-state index contributed by atoms with van der Waals surface area (Å²) >= 11 is 0. The van der Waals surface area contributed by atoms with Gasteiger partial charge in [0, 0.05) is 26.5 Å². The first-order valence-corrected chi connectivity index (χ1v) is 13.7. The van der Waals surface area contributed by atoms with Gasteiger partial charge in [-0.2, -0.15) is 4.31 Å². The van der Waals surface area contributed by atoms with E-state index in [1.165, 1.54) is 0 Å². The van der Waals surface area contributed by atoms with Gasteiger partial charge in [-0.05, 0) is 31.2 Å². The third-order valence-electron chi connectivity index (χ3n) is 5.68. The number of hydrogen-bond acceptors (Lipinski definition) is 3. The Bertz CT molecular complexity index is 607. The molecule has 1 spiro atoms. The van der Waals surface area contributed by atoms with E-state index >= 15 is 0 Å². The maximum Gasteiger partial charge on any atom is 0.214 e. The van der Waals surface area contributed by atoms with Crippen LogP contribution in [0.2, 0.25) is 25.7 Å². The Hall–Kier alpha value is -0.463. The maximum absolute atomic E-state index is 12.8. The van der Waals surface area contributed by atoms with Gasteiger partial charge >= 0.3 is 0 Å². The molecule has 22 heavy (non-hydrogen) atoms. The van der Waals surface area contributed by atoms with Crippen LogP contribution in [0, 0.1) is 11.3 Å². The monoisotopic (exact) mass is 341 g/mol. The predicted octanol–water partition coefficient (Wildman–Crippen LogP) is 2.65. The summed E-state index contributed by atoms with van der Waals surface area (Å²) in [5.41, 5.74) is -0.193. The Morgan fingerprint density at radius 3 is 2.77 bits per heavy atom. The molecule has 3 rings (SSSR count). The van der Waals surface area contributed by atoms with Crippen LogP contribution < -0.4 is 0 Å². The summed E-state index contributed by atoms with van der Waals surface area (Å²) in [6, 6.07) is 0.343. The summed E-state index contributed by atoms with van der Waals surface area (Å²) in [5.74, 6) is 0.806. The van der Waals surface area contributed by atoms with Crippen LogP contribution in [0.3, 0.4) is 0 Å². The van der Waals surface area contributed by atoms with Crippen LogP contribution in [0.25, 0.3) is 0 Å². The molecule has 1 saturated carbocycles. The van der Waals surface area contributed by atoms with Crippen molar-refractivity contribution in [2.45, 2.75) is 57.4 Å². The lowest BCUT2D eigenvalue weighted by molar-refractivity contribution is -0.128. The second kappa shape index (κ2) is 5.28. The molecule has 0 bridgehead atoms. The maximum atomic E-state index is 12.8. The van der Waals surface area contributed by atoms with Gasteiger partial charge in [-0.15, -0.1) is 0 Å². The number of hydrogen-bond donors (Lipinski definition) is 0. The second-order valence-electron chi connectivity index (χ2n) is 8.34. The van der Waals surface area contributed by atoms with Crippen LogP contribution in [0.5, 0.6) is 0 Å². The number of sulfonamides is 1. The zero-order valence-corrected chi connectivity index (χ0v) is 15.7. The van der Waals surface area contributed by atoms with Crippen molar-refractivity contribution in [1.29, 1.82) is 0 Å². The molecule has 0 aromatic carbocycles. The highest BCUT2D eigenvalue weighted by Crippen LogP contribution is 2.55. The summed E-state index contributed by atoms with van der Waals surface area (Å²) in [7, 11) is -4.74. The molecule has 2 aliphatic carbocycles. The number of ketones is 1. The van der Waals surface area contributed by atoms with Crippen LogP contribution in [-0.2, 0) is 14.8 Å². The quantitative estimate of drug-likeness (QED) is 0.583. The summed E-state index contributed by atoms with van der Waals surface area (Å²) in [6.45, 7) is 7.09. The molecule has 3 atom stereocenters. The van der Waals surface area contributed by atoms with E-state index in [9.17, 15) is 13.2 Å². The number of allylic oxidation sites excluding steroid dienone is 1. The molecule has 0 N–H and O–H groups in total. The van der Waals surface area contributed by atoms with Gasteiger partial charge in [-0.1, -0.05) is 31.8 Å². The smallest absolute Gasteiger partial charge is 0.214 e. The van der Waals surface area contributed by atoms with Gasteiger partial charge in [0.2, 0.25) is 10.0 Å². The number of rotatable bonds is 4. The van der Waals surface area contributed by atoms with Crippen molar-refractivity contribution in [1.82, 2.24) is 4.31 Å². The molecule has 6 heteroatoms. The van der Waals surface area contributed by atoms with Gasteiger partial charge < -0.3 is 0 Å². The van der Waals surface area contributed by atoms with Gasteiger partial charge in [0.15, 0.2) is 5.78 Å². The largest absolute Gasteiger partial charge is 0.298 e. The van der Waals surface area contributed by atoms with Crippen molar-refractivity contribution in [2.75, 3.05) is 12.3 Å². The Kier molecular flexibility index (Phi) is 3.93. The highest BCUT2D eigenvalue weighted by atomic mass is 32.2. The lowest BCUT2D eigenvalue weighted by Gasteiger charge is -2.41. The Balaban J connectivity index is 1.86. The number of Topliss-reactive ketones (excluding diaryl/α,β-unsaturated/α-hetero) is 1. The normalized spacial score (nSPS) is 35.7. The topological polar surface area (TPSA) is 54.5 Å². The zero-order valence-electron chi connectivity index (χ0n) is 13.8. The predicted molar refractivity (Wildman–Crippen MR) is 91.0 cm³/mol. The lowest BCUT2D eigenvalue weighted by atomic mass is 9.65. The molecule has 1 saturated heterocycles. The molecular formula is C16H27NO3SSi.